The number of hydrogen-bond donors (Lipinski definition) is 0. The molecule has 1 aromatic carbocycles. The minimum absolute atomic E-state index is 0.0594. The van der Waals surface area contributed by atoms with Gasteiger partial charge in [0.1, 0.15) is 6.04 Å². The summed E-state index contributed by atoms with van der Waals surface area (Å²) >= 11 is 5.98. The highest BCUT2D eigenvalue weighted by Crippen LogP contribution is 2.61. The monoisotopic (exact) mass is 442 g/mol. The van der Waals surface area contributed by atoms with E-state index in [0.717, 1.165) is 25.7 Å². The Morgan fingerprint density at radius 3 is 2.16 bits per heavy atom. The topological polar surface area (TPSA) is 57.7 Å². The van der Waals surface area contributed by atoms with E-state index in [2.05, 4.69) is 0 Å². The molecule has 0 N–H and O–H groups in total. The van der Waals surface area contributed by atoms with Crippen LogP contribution in [-0.2, 0) is 14.4 Å². The molecule has 4 saturated carbocycles. The van der Waals surface area contributed by atoms with Gasteiger partial charge in [0.25, 0.3) is 5.91 Å². The number of carbonyl (C=O) groups is 3. The van der Waals surface area contributed by atoms with Crippen molar-refractivity contribution >= 4 is 35.0 Å². The number of halogens is 1. The van der Waals surface area contributed by atoms with Crippen LogP contribution in [0.4, 0.5) is 5.69 Å². The zero-order chi connectivity index (χ0) is 21.9. The number of carbonyl (C=O) groups excluding carboxylic acids is 3. The predicted molar refractivity (Wildman–Crippen MR) is 120 cm³/mol. The molecule has 3 amide bonds. The number of amides is 3. The lowest BCUT2D eigenvalue weighted by Gasteiger charge is -2.57. The van der Waals surface area contributed by atoms with Gasteiger partial charge < -0.3 is 4.90 Å². The van der Waals surface area contributed by atoms with Crippen LogP contribution < -0.4 is 4.90 Å². The van der Waals surface area contributed by atoms with Gasteiger partial charge in [-0.05, 0) is 93.9 Å². The predicted octanol–water partition coefficient (Wildman–Crippen LogP) is 4.82. The Balaban J connectivity index is 1.45. The summed E-state index contributed by atoms with van der Waals surface area (Å²) in [6, 6.07) is 5.95. The molecule has 1 heterocycles. The van der Waals surface area contributed by atoms with E-state index < -0.39 is 6.04 Å². The summed E-state index contributed by atoms with van der Waals surface area (Å²) in [5, 5.41) is 0.553. The Morgan fingerprint density at radius 2 is 1.65 bits per heavy atom. The molecule has 5 fully saturated rings. The lowest BCUT2D eigenvalue weighted by molar-refractivity contribution is -0.164. The number of hydrogen-bond acceptors (Lipinski definition) is 3. The van der Waals surface area contributed by atoms with Gasteiger partial charge in [0.2, 0.25) is 11.8 Å². The molecule has 5 nitrogen and oxygen atoms in total. The van der Waals surface area contributed by atoms with Gasteiger partial charge in [0.05, 0.1) is 17.5 Å². The van der Waals surface area contributed by atoms with Gasteiger partial charge >= 0.3 is 0 Å². The highest BCUT2D eigenvalue weighted by molar-refractivity contribution is 6.30. The number of benzene rings is 1. The molecular formula is C25H31ClN2O3. The maximum absolute atomic E-state index is 14.2. The minimum Gasteiger partial charge on any atom is -0.327 e. The average Bonchev–Trinajstić information content (AvgIpc) is 3.01. The fourth-order valence-electron chi connectivity index (χ4n) is 7.19. The van der Waals surface area contributed by atoms with Crippen LogP contribution in [-0.4, -0.2) is 34.7 Å². The van der Waals surface area contributed by atoms with Crippen molar-refractivity contribution in [1.29, 1.82) is 0 Å². The Morgan fingerprint density at radius 1 is 1.10 bits per heavy atom. The van der Waals surface area contributed by atoms with Gasteiger partial charge in [0, 0.05) is 11.1 Å². The van der Waals surface area contributed by atoms with Crippen LogP contribution in [0.5, 0.6) is 0 Å². The Labute approximate surface area is 189 Å². The molecule has 1 aromatic rings. The highest BCUT2D eigenvalue weighted by Gasteiger charge is 2.58. The normalized spacial score (nSPS) is 35.0. The molecule has 166 valence electrons. The summed E-state index contributed by atoms with van der Waals surface area (Å²) in [6.07, 6.45) is 7.49. The van der Waals surface area contributed by atoms with Gasteiger partial charge in [-0.25, -0.2) is 4.90 Å². The summed E-state index contributed by atoms with van der Waals surface area (Å²) < 4.78 is 0. The van der Waals surface area contributed by atoms with Crippen LogP contribution in [0.1, 0.15) is 65.2 Å². The number of imide groups is 1. The Bertz CT molecular complexity index is 877. The molecule has 6 heteroatoms. The molecule has 31 heavy (non-hydrogen) atoms. The second kappa shape index (κ2) is 7.61. The SMILES string of the molecule is CCC(C)N(C(=O)C12CC3CC(CC(C3)C1)C2)C1CC(=O)N(c2ccc(Cl)cc2)C1=O. The third-order valence-corrected chi connectivity index (χ3v) is 8.59. The van der Waals surface area contributed by atoms with Crippen molar-refractivity contribution < 1.29 is 14.4 Å². The highest BCUT2D eigenvalue weighted by atomic mass is 35.5. The van der Waals surface area contributed by atoms with Gasteiger partial charge in [-0.3, -0.25) is 14.4 Å². The second-order valence-corrected chi connectivity index (χ2v) is 10.9. The molecule has 2 unspecified atom stereocenters. The van der Waals surface area contributed by atoms with E-state index >= 15 is 0 Å². The minimum atomic E-state index is -0.710. The van der Waals surface area contributed by atoms with Crippen molar-refractivity contribution in [3.63, 3.8) is 0 Å². The van der Waals surface area contributed by atoms with Crippen molar-refractivity contribution in [2.45, 2.75) is 77.3 Å². The van der Waals surface area contributed by atoms with Crippen LogP contribution in [0.3, 0.4) is 0 Å². The maximum Gasteiger partial charge on any atom is 0.257 e. The smallest absolute Gasteiger partial charge is 0.257 e. The first-order chi connectivity index (χ1) is 14.8. The van der Waals surface area contributed by atoms with Crippen molar-refractivity contribution in [3.05, 3.63) is 29.3 Å². The fourth-order valence-corrected chi connectivity index (χ4v) is 7.31. The molecule has 2 atom stereocenters. The zero-order valence-corrected chi connectivity index (χ0v) is 19.1. The van der Waals surface area contributed by atoms with Crippen LogP contribution >= 0.6 is 11.6 Å². The molecule has 6 rings (SSSR count). The van der Waals surface area contributed by atoms with Gasteiger partial charge in [-0.15, -0.1) is 0 Å². The average molecular weight is 443 g/mol. The van der Waals surface area contributed by atoms with E-state index in [9.17, 15) is 14.4 Å². The quantitative estimate of drug-likeness (QED) is 0.614. The molecule has 0 aromatic heterocycles. The van der Waals surface area contributed by atoms with Gasteiger partial charge in [-0.1, -0.05) is 18.5 Å². The third-order valence-electron chi connectivity index (χ3n) is 8.34. The van der Waals surface area contributed by atoms with Gasteiger partial charge in [-0.2, -0.15) is 0 Å². The molecule has 4 bridgehead atoms. The van der Waals surface area contributed by atoms with E-state index in [1.54, 1.807) is 24.3 Å². The first-order valence-electron chi connectivity index (χ1n) is 11.8. The molecule has 1 aliphatic heterocycles. The number of anilines is 1. The van der Waals surface area contributed by atoms with Gasteiger partial charge in [0.15, 0.2) is 0 Å². The third kappa shape index (κ3) is 3.40. The van der Waals surface area contributed by atoms with Crippen LogP contribution in [0, 0.1) is 23.2 Å². The van der Waals surface area contributed by atoms with Crippen LogP contribution in [0.15, 0.2) is 24.3 Å². The maximum atomic E-state index is 14.2. The summed E-state index contributed by atoms with van der Waals surface area (Å²) in [7, 11) is 0. The van der Waals surface area contributed by atoms with E-state index in [1.807, 2.05) is 18.7 Å². The van der Waals surface area contributed by atoms with E-state index in [0.29, 0.717) is 28.5 Å². The zero-order valence-electron chi connectivity index (χ0n) is 18.4. The van der Waals surface area contributed by atoms with Crippen molar-refractivity contribution in [2.24, 2.45) is 23.2 Å². The lowest BCUT2D eigenvalue weighted by atomic mass is 9.49. The second-order valence-electron chi connectivity index (χ2n) is 10.4. The van der Waals surface area contributed by atoms with Crippen LogP contribution in [0.25, 0.3) is 0 Å². The standard InChI is InChI=1S/C25H31ClN2O3/c1-3-15(2)27(24(31)25-12-16-8-17(13-25)10-18(9-16)14-25)21-11-22(29)28(23(21)30)20-6-4-19(26)5-7-20/h4-7,15-18,21H,3,8-14H2,1-2H3. The summed E-state index contributed by atoms with van der Waals surface area (Å²) in [6.45, 7) is 4.06. The molecular weight excluding hydrogens is 412 g/mol. The molecule has 0 spiro atoms. The summed E-state index contributed by atoms with van der Waals surface area (Å²) in [4.78, 5) is 43.6. The van der Waals surface area contributed by atoms with E-state index in [1.165, 1.54) is 24.2 Å². The summed E-state index contributed by atoms with van der Waals surface area (Å²) in [5.74, 6) is 1.56. The van der Waals surface area contributed by atoms with E-state index in [-0.39, 0.29) is 35.6 Å². The van der Waals surface area contributed by atoms with Crippen molar-refractivity contribution in [3.8, 4) is 0 Å². The first-order valence-corrected chi connectivity index (χ1v) is 12.1. The molecule has 1 saturated heterocycles. The fraction of sp³-hybridized carbons (Fsp3) is 0.640. The first kappa shape index (κ1) is 21.0. The van der Waals surface area contributed by atoms with E-state index in [4.69, 9.17) is 11.6 Å². The van der Waals surface area contributed by atoms with Crippen molar-refractivity contribution in [2.75, 3.05) is 4.90 Å². The Kier molecular flexibility index (Phi) is 5.16. The molecule has 4 aliphatic carbocycles. The molecule has 0 radical (unpaired) electrons. The molecule has 5 aliphatic rings. The number of nitrogens with zero attached hydrogens (tertiary/aromatic N) is 2. The lowest BCUT2D eigenvalue weighted by Crippen LogP contribution is -2.59. The Hall–Kier alpha value is -1.88. The largest absolute Gasteiger partial charge is 0.327 e. The number of rotatable bonds is 5. The summed E-state index contributed by atoms with van der Waals surface area (Å²) in [5.41, 5.74) is 0.197. The van der Waals surface area contributed by atoms with Crippen molar-refractivity contribution in [1.82, 2.24) is 4.90 Å². The van der Waals surface area contributed by atoms with Crippen LogP contribution in [0.2, 0.25) is 5.02 Å².